The summed E-state index contributed by atoms with van der Waals surface area (Å²) in [5, 5.41) is 15.2. The number of aromatic carboxylic acids is 1. The number of carboxylic acids is 1. The zero-order chi connectivity index (χ0) is 15.1. The molecule has 0 aliphatic carbocycles. The van der Waals surface area contributed by atoms with Crippen molar-refractivity contribution in [2.75, 3.05) is 12.4 Å². The summed E-state index contributed by atoms with van der Waals surface area (Å²) < 4.78 is 5.49. The van der Waals surface area contributed by atoms with Gasteiger partial charge in [0.25, 0.3) is 0 Å². The number of aromatic nitrogens is 3. The van der Waals surface area contributed by atoms with Gasteiger partial charge in [0.15, 0.2) is 0 Å². The quantitative estimate of drug-likeness (QED) is 0.588. The van der Waals surface area contributed by atoms with Crippen LogP contribution in [0.25, 0.3) is 0 Å². The maximum absolute atomic E-state index is 10.9. The molecule has 0 amide bonds. The van der Waals surface area contributed by atoms with Gasteiger partial charge < -0.3 is 9.84 Å². The number of carbonyl (C=O) groups is 1. The minimum Gasteiger partial charge on any atom is -0.494 e. The van der Waals surface area contributed by atoms with Crippen LogP contribution in [-0.4, -0.2) is 38.6 Å². The Hall–Kier alpha value is -2.35. The highest BCUT2D eigenvalue weighted by Crippen LogP contribution is 2.15. The lowest BCUT2D eigenvalue weighted by molar-refractivity contribution is 0.0697. The van der Waals surface area contributed by atoms with E-state index in [2.05, 4.69) is 15.2 Å². The van der Waals surface area contributed by atoms with E-state index in [9.17, 15) is 9.59 Å². The second-order valence-corrected chi connectivity index (χ2v) is 5.12. The number of nitrogens with zero attached hydrogens (tertiary/aromatic N) is 2. The number of aromatic amines is 1. The molecule has 110 valence electrons. The third-order valence-electron chi connectivity index (χ3n) is 2.46. The highest BCUT2D eigenvalue weighted by molar-refractivity contribution is 7.99. The van der Waals surface area contributed by atoms with Crippen LogP contribution in [0.2, 0.25) is 0 Å². The van der Waals surface area contributed by atoms with Crippen LogP contribution in [-0.2, 0) is 0 Å². The van der Waals surface area contributed by atoms with E-state index in [-0.39, 0.29) is 5.56 Å². The molecule has 1 heterocycles. The molecule has 0 bridgehead atoms. The van der Waals surface area contributed by atoms with Crippen LogP contribution >= 0.6 is 11.8 Å². The first-order chi connectivity index (χ1) is 10.1. The second-order valence-electron chi connectivity index (χ2n) is 4.01. The van der Waals surface area contributed by atoms with Crippen molar-refractivity contribution < 1.29 is 14.6 Å². The van der Waals surface area contributed by atoms with Crippen molar-refractivity contribution in [3.05, 3.63) is 46.5 Å². The molecule has 1 aromatic heterocycles. The van der Waals surface area contributed by atoms with Gasteiger partial charge in [-0.3, -0.25) is 0 Å². The lowest BCUT2D eigenvalue weighted by Gasteiger charge is -2.06. The van der Waals surface area contributed by atoms with Crippen molar-refractivity contribution >= 4 is 17.7 Å². The number of thioether (sulfide) groups is 1. The van der Waals surface area contributed by atoms with Gasteiger partial charge in [-0.15, -0.1) is 11.8 Å². The predicted octanol–water partition coefficient (Wildman–Crippen LogP) is 1.42. The molecule has 2 N–H and O–H groups in total. The van der Waals surface area contributed by atoms with Crippen LogP contribution in [0.1, 0.15) is 16.8 Å². The Bertz CT molecular complexity index is 657. The van der Waals surface area contributed by atoms with Crippen LogP contribution < -0.4 is 10.4 Å². The lowest BCUT2D eigenvalue weighted by atomic mass is 10.2. The molecule has 0 atom stereocenters. The smallest absolute Gasteiger partial charge is 0.362 e. The molecule has 2 rings (SSSR count). The number of hydrogen-bond acceptors (Lipinski definition) is 6. The summed E-state index contributed by atoms with van der Waals surface area (Å²) in [5.41, 5.74) is -0.236. The van der Waals surface area contributed by atoms with E-state index < -0.39 is 11.7 Å². The minimum atomic E-state index is -0.961. The Morgan fingerprint density at radius 1 is 1.33 bits per heavy atom. The van der Waals surface area contributed by atoms with Gasteiger partial charge in [0, 0.05) is 5.75 Å². The summed E-state index contributed by atoms with van der Waals surface area (Å²) in [5.74, 6) is 0.406. The van der Waals surface area contributed by atoms with E-state index in [0.717, 1.165) is 12.2 Å². The van der Waals surface area contributed by atoms with E-state index in [0.29, 0.717) is 17.4 Å². The summed E-state index contributed by atoms with van der Waals surface area (Å²) in [6.07, 6.45) is 2.26. The van der Waals surface area contributed by atoms with Crippen molar-refractivity contribution in [2.24, 2.45) is 0 Å². The number of benzene rings is 1. The highest BCUT2D eigenvalue weighted by Gasteiger charge is 2.02. The standard InChI is InChI=1S/C13H13N3O4S/c17-12(18)9-2-4-10(5-3-9)20-6-1-7-21-11-8-14-16-13(19)15-11/h2-5,8H,1,6-7H2,(H,17,18)(H,15,16,19). The molecule has 8 heteroatoms. The van der Waals surface area contributed by atoms with E-state index >= 15 is 0 Å². The van der Waals surface area contributed by atoms with Crippen molar-refractivity contribution in [1.29, 1.82) is 0 Å². The fourth-order valence-corrected chi connectivity index (χ4v) is 2.23. The number of H-pyrrole nitrogens is 1. The molecule has 0 saturated heterocycles. The fourth-order valence-electron chi connectivity index (χ4n) is 1.49. The third-order valence-corrected chi connectivity index (χ3v) is 3.44. The maximum atomic E-state index is 10.9. The van der Waals surface area contributed by atoms with Crippen LogP contribution in [0, 0.1) is 0 Å². The third kappa shape index (κ3) is 4.92. The molecule has 0 aliphatic heterocycles. The monoisotopic (exact) mass is 307 g/mol. The number of rotatable bonds is 7. The molecular formula is C13H13N3O4S. The molecule has 1 aromatic carbocycles. The van der Waals surface area contributed by atoms with Gasteiger partial charge in [-0.25, -0.2) is 14.7 Å². The van der Waals surface area contributed by atoms with Gasteiger partial charge in [-0.1, -0.05) is 0 Å². The minimum absolute atomic E-state index is 0.228. The fraction of sp³-hybridized carbons (Fsp3) is 0.231. The summed E-state index contributed by atoms with van der Waals surface area (Å²) in [4.78, 5) is 25.4. The molecular weight excluding hydrogens is 294 g/mol. The van der Waals surface area contributed by atoms with Crippen LogP contribution in [0.4, 0.5) is 0 Å². The molecule has 0 spiro atoms. The molecule has 2 aromatic rings. The molecule has 0 fully saturated rings. The SMILES string of the molecule is O=C(O)c1ccc(OCCCSc2cn[nH]c(=O)n2)cc1. The van der Waals surface area contributed by atoms with Crippen LogP contribution in [0.3, 0.4) is 0 Å². The van der Waals surface area contributed by atoms with Gasteiger partial charge >= 0.3 is 11.7 Å². The molecule has 7 nitrogen and oxygen atoms in total. The van der Waals surface area contributed by atoms with Gasteiger partial charge in [0.05, 0.1) is 18.4 Å². The van der Waals surface area contributed by atoms with E-state index in [4.69, 9.17) is 9.84 Å². The maximum Gasteiger partial charge on any atom is 0.362 e. The lowest BCUT2D eigenvalue weighted by Crippen LogP contribution is -2.11. The molecule has 21 heavy (non-hydrogen) atoms. The first-order valence-electron chi connectivity index (χ1n) is 6.16. The van der Waals surface area contributed by atoms with Crippen LogP contribution in [0.15, 0.2) is 40.3 Å². The largest absolute Gasteiger partial charge is 0.494 e. The van der Waals surface area contributed by atoms with Gasteiger partial charge in [-0.2, -0.15) is 10.1 Å². The number of nitrogens with one attached hydrogen (secondary N) is 1. The number of ether oxygens (including phenoxy) is 1. The second kappa shape index (κ2) is 7.44. The molecule has 0 aliphatic rings. The van der Waals surface area contributed by atoms with Crippen molar-refractivity contribution in [2.45, 2.75) is 11.4 Å². The number of carboxylic acid groups (broad SMARTS) is 1. The zero-order valence-corrected chi connectivity index (χ0v) is 11.8. The van der Waals surface area contributed by atoms with Gasteiger partial charge in [0.1, 0.15) is 10.8 Å². The summed E-state index contributed by atoms with van der Waals surface area (Å²) in [7, 11) is 0. The van der Waals surface area contributed by atoms with Crippen LogP contribution in [0.5, 0.6) is 5.75 Å². The average Bonchev–Trinajstić information content (AvgIpc) is 2.47. The Labute approximate surface area is 124 Å². The first-order valence-corrected chi connectivity index (χ1v) is 7.14. The van der Waals surface area contributed by atoms with Gasteiger partial charge in [-0.05, 0) is 30.7 Å². The Kier molecular flexibility index (Phi) is 5.33. The topological polar surface area (TPSA) is 105 Å². The average molecular weight is 307 g/mol. The normalized spacial score (nSPS) is 10.3. The highest BCUT2D eigenvalue weighted by atomic mass is 32.2. The molecule has 0 unspecified atom stereocenters. The summed E-state index contributed by atoms with van der Waals surface area (Å²) in [6, 6.07) is 6.24. The van der Waals surface area contributed by atoms with E-state index in [1.807, 2.05) is 0 Å². The van der Waals surface area contributed by atoms with Crippen molar-refractivity contribution in [1.82, 2.24) is 15.2 Å². The first kappa shape index (κ1) is 15.0. The summed E-state index contributed by atoms with van der Waals surface area (Å²) in [6.45, 7) is 0.496. The Morgan fingerprint density at radius 2 is 2.10 bits per heavy atom. The molecule has 0 radical (unpaired) electrons. The van der Waals surface area contributed by atoms with E-state index in [1.54, 1.807) is 12.1 Å². The van der Waals surface area contributed by atoms with E-state index in [1.165, 1.54) is 30.1 Å². The number of hydrogen-bond donors (Lipinski definition) is 2. The molecule has 0 saturated carbocycles. The Balaban J connectivity index is 1.70. The van der Waals surface area contributed by atoms with Gasteiger partial charge in [0.2, 0.25) is 0 Å². The Morgan fingerprint density at radius 3 is 2.76 bits per heavy atom. The van der Waals surface area contributed by atoms with Crippen molar-refractivity contribution in [3.63, 3.8) is 0 Å². The zero-order valence-electron chi connectivity index (χ0n) is 11.0. The summed E-state index contributed by atoms with van der Waals surface area (Å²) >= 11 is 1.42. The predicted molar refractivity (Wildman–Crippen MR) is 76.9 cm³/mol. The van der Waals surface area contributed by atoms with Crippen molar-refractivity contribution in [3.8, 4) is 5.75 Å².